The topological polar surface area (TPSA) is 110 Å². The van der Waals surface area contributed by atoms with E-state index in [0.29, 0.717) is 47.3 Å². The molecule has 0 radical (unpaired) electrons. The van der Waals surface area contributed by atoms with Crippen molar-refractivity contribution in [2.75, 3.05) is 32.4 Å². The summed E-state index contributed by atoms with van der Waals surface area (Å²) < 4.78 is 30.0. The predicted octanol–water partition coefficient (Wildman–Crippen LogP) is 3.34. The van der Waals surface area contributed by atoms with Crippen molar-refractivity contribution in [3.8, 4) is 0 Å². The van der Waals surface area contributed by atoms with E-state index in [0.717, 1.165) is 16.5 Å². The smallest absolute Gasteiger partial charge is 0.410 e. The molecule has 0 bridgehead atoms. The Morgan fingerprint density at radius 2 is 1.74 bits per heavy atom. The highest BCUT2D eigenvalue weighted by molar-refractivity contribution is 7.90. The minimum Gasteiger partial charge on any atom is -0.445 e. The van der Waals surface area contributed by atoms with Crippen molar-refractivity contribution >= 4 is 54.2 Å². The summed E-state index contributed by atoms with van der Waals surface area (Å²) in [5, 5.41) is 1.17. The number of aromatic nitrogens is 2. The second-order valence-electron chi connectivity index (χ2n) is 8.27. The minimum atomic E-state index is -3.56. The number of ether oxygens (including phenoxy) is 1. The summed E-state index contributed by atoms with van der Waals surface area (Å²) in [6.07, 6.45) is 2.15. The van der Waals surface area contributed by atoms with Crippen molar-refractivity contribution in [1.29, 1.82) is 0 Å². The molecule has 1 saturated heterocycles. The molecule has 5 rings (SSSR count). The largest absolute Gasteiger partial charge is 0.445 e. The maximum absolute atomic E-state index is 13.2. The zero-order chi connectivity index (χ0) is 24.6. The molecule has 2 aromatic carbocycles. The van der Waals surface area contributed by atoms with E-state index in [1.165, 1.54) is 17.5 Å². The van der Waals surface area contributed by atoms with Crippen molar-refractivity contribution in [3.63, 3.8) is 0 Å². The van der Waals surface area contributed by atoms with Gasteiger partial charge in [-0.05, 0) is 23.8 Å². The summed E-state index contributed by atoms with van der Waals surface area (Å²) in [4.78, 5) is 37.6. The Kier molecular flexibility index (Phi) is 6.12. The summed E-state index contributed by atoms with van der Waals surface area (Å²) >= 11 is 1.33. The van der Waals surface area contributed by atoms with Crippen LogP contribution in [0.3, 0.4) is 0 Å². The lowest BCUT2D eigenvalue weighted by Crippen LogP contribution is -2.50. The van der Waals surface area contributed by atoms with Crippen LogP contribution >= 0.6 is 11.3 Å². The van der Waals surface area contributed by atoms with Gasteiger partial charge in [0.1, 0.15) is 6.61 Å². The van der Waals surface area contributed by atoms with E-state index in [1.54, 1.807) is 15.9 Å². The van der Waals surface area contributed by atoms with Crippen molar-refractivity contribution in [3.05, 3.63) is 65.2 Å². The van der Waals surface area contributed by atoms with Crippen molar-refractivity contribution in [1.82, 2.24) is 19.8 Å². The normalized spacial score (nSPS) is 14.4. The molecule has 3 heterocycles. The number of thiophene rings is 1. The second kappa shape index (κ2) is 9.23. The molecule has 2 aromatic heterocycles. The lowest BCUT2D eigenvalue weighted by atomic mass is 10.1. The molecule has 11 heteroatoms. The molecule has 35 heavy (non-hydrogen) atoms. The number of fused-ring (bicyclic) bond motifs is 3. The Morgan fingerprint density at radius 3 is 2.46 bits per heavy atom. The molecule has 2 amide bonds. The van der Waals surface area contributed by atoms with Crippen LogP contribution in [-0.4, -0.2) is 72.6 Å². The lowest BCUT2D eigenvalue weighted by molar-refractivity contribution is 0.0547. The van der Waals surface area contributed by atoms with Gasteiger partial charge in [-0.3, -0.25) is 4.79 Å². The second-order valence-corrected chi connectivity index (χ2v) is 11.3. The molecule has 4 aromatic rings. The zero-order valence-corrected chi connectivity index (χ0v) is 20.5. The number of rotatable bonds is 4. The van der Waals surface area contributed by atoms with Gasteiger partial charge >= 0.3 is 6.09 Å². The zero-order valence-electron chi connectivity index (χ0n) is 18.9. The van der Waals surface area contributed by atoms with E-state index in [9.17, 15) is 18.0 Å². The molecule has 1 aliphatic rings. The molecular weight excluding hydrogens is 488 g/mol. The molecule has 1 aliphatic heterocycles. The third-order valence-corrected chi connectivity index (χ3v) is 7.75. The number of hydrogen-bond donors (Lipinski definition) is 0. The molecule has 0 N–H and O–H groups in total. The standard InChI is InChI=1S/C24H22N4O5S2/c1-35(31,32)23-25-14-17-7-8-19-18(21(17)26-23)13-20(34-19)22(29)27-9-11-28(12-10-27)24(30)33-15-16-5-3-2-4-6-16/h2-8,13-14H,9-12,15H2,1H3. The third-order valence-electron chi connectivity index (χ3n) is 5.80. The van der Waals surface area contributed by atoms with Gasteiger partial charge < -0.3 is 14.5 Å². The molecule has 180 valence electrons. The van der Waals surface area contributed by atoms with Crippen LogP contribution in [0.1, 0.15) is 15.2 Å². The van der Waals surface area contributed by atoms with E-state index in [2.05, 4.69) is 9.97 Å². The SMILES string of the molecule is CS(=O)(=O)c1ncc2ccc3sc(C(=O)N4CCN(C(=O)OCc5ccccc5)CC4)cc3c2n1. The van der Waals surface area contributed by atoms with Gasteiger partial charge in [0, 0.05) is 54.1 Å². The Balaban J connectivity index is 1.28. The molecule has 1 fully saturated rings. The highest BCUT2D eigenvalue weighted by atomic mass is 32.2. The first-order valence-corrected chi connectivity index (χ1v) is 13.6. The first-order chi connectivity index (χ1) is 16.8. The maximum atomic E-state index is 13.2. The van der Waals surface area contributed by atoms with Gasteiger partial charge in [-0.25, -0.2) is 23.2 Å². The van der Waals surface area contributed by atoms with Crippen LogP contribution in [0.25, 0.3) is 21.0 Å². The van der Waals surface area contributed by atoms with Gasteiger partial charge in [0.15, 0.2) is 0 Å². The van der Waals surface area contributed by atoms with Gasteiger partial charge in [0.25, 0.3) is 5.91 Å². The highest BCUT2D eigenvalue weighted by Crippen LogP contribution is 2.32. The monoisotopic (exact) mass is 510 g/mol. The molecular formula is C24H22N4O5S2. The molecule has 9 nitrogen and oxygen atoms in total. The van der Waals surface area contributed by atoms with E-state index in [4.69, 9.17) is 4.74 Å². The first kappa shape index (κ1) is 23.2. The minimum absolute atomic E-state index is 0.131. The number of amides is 2. The summed E-state index contributed by atoms with van der Waals surface area (Å²) in [5.41, 5.74) is 1.42. The van der Waals surface area contributed by atoms with Crippen LogP contribution in [0.2, 0.25) is 0 Å². The van der Waals surface area contributed by atoms with Crippen molar-refractivity contribution in [2.45, 2.75) is 11.8 Å². The fraction of sp³-hybridized carbons (Fsp3) is 0.250. The summed E-state index contributed by atoms with van der Waals surface area (Å²) in [6, 6.07) is 14.9. The van der Waals surface area contributed by atoms with Crippen LogP contribution < -0.4 is 0 Å². The van der Waals surface area contributed by atoms with E-state index < -0.39 is 15.9 Å². The van der Waals surface area contributed by atoms with E-state index in [-0.39, 0.29) is 17.7 Å². The Bertz CT molecular complexity index is 1530. The van der Waals surface area contributed by atoms with Crippen LogP contribution in [0.15, 0.2) is 59.9 Å². The molecule has 0 spiro atoms. The van der Waals surface area contributed by atoms with E-state index >= 15 is 0 Å². The number of hydrogen-bond acceptors (Lipinski definition) is 8. The Morgan fingerprint density at radius 1 is 1.03 bits per heavy atom. The molecule has 0 saturated carbocycles. The van der Waals surface area contributed by atoms with Gasteiger partial charge in [-0.1, -0.05) is 30.3 Å². The van der Waals surface area contributed by atoms with Gasteiger partial charge in [0.2, 0.25) is 15.0 Å². The number of benzene rings is 2. The summed E-state index contributed by atoms with van der Waals surface area (Å²) in [7, 11) is -3.56. The van der Waals surface area contributed by atoms with Crippen molar-refractivity contribution < 1.29 is 22.7 Å². The quantitative estimate of drug-likeness (QED) is 0.387. The number of piperazine rings is 1. The number of carbonyl (C=O) groups excluding carboxylic acids is 2. The van der Waals surface area contributed by atoms with Crippen LogP contribution in [0, 0.1) is 0 Å². The average Bonchev–Trinajstić information content (AvgIpc) is 3.32. The van der Waals surface area contributed by atoms with Gasteiger partial charge in [-0.15, -0.1) is 11.3 Å². The van der Waals surface area contributed by atoms with Gasteiger partial charge in [-0.2, -0.15) is 0 Å². The van der Waals surface area contributed by atoms with Crippen molar-refractivity contribution in [2.24, 2.45) is 0 Å². The average molecular weight is 511 g/mol. The third kappa shape index (κ3) is 4.82. The predicted molar refractivity (Wildman–Crippen MR) is 132 cm³/mol. The summed E-state index contributed by atoms with van der Waals surface area (Å²) in [6.45, 7) is 1.78. The molecule has 0 atom stereocenters. The van der Waals surface area contributed by atoms with Crippen LogP contribution in [0.4, 0.5) is 4.79 Å². The van der Waals surface area contributed by atoms with Gasteiger partial charge in [0.05, 0.1) is 10.4 Å². The number of sulfone groups is 1. The molecule has 0 aliphatic carbocycles. The first-order valence-electron chi connectivity index (χ1n) is 10.9. The van der Waals surface area contributed by atoms with E-state index in [1.807, 2.05) is 42.5 Å². The van der Waals surface area contributed by atoms with Crippen LogP contribution in [-0.2, 0) is 21.2 Å². The lowest BCUT2D eigenvalue weighted by Gasteiger charge is -2.33. The number of nitrogens with zero attached hydrogens (tertiary/aromatic N) is 4. The fourth-order valence-electron chi connectivity index (χ4n) is 3.93. The fourth-order valence-corrected chi connectivity index (χ4v) is 5.47. The summed E-state index contributed by atoms with van der Waals surface area (Å²) in [5.74, 6) is -0.131. The Hall–Kier alpha value is -3.57. The Labute approximate surface area is 205 Å². The molecule has 0 unspecified atom stereocenters. The number of carbonyl (C=O) groups is 2. The highest BCUT2D eigenvalue weighted by Gasteiger charge is 2.27. The maximum Gasteiger partial charge on any atom is 0.410 e. The van der Waals surface area contributed by atoms with Crippen LogP contribution in [0.5, 0.6) is 0 Å².